The van der Waals surface area contributed by atoms with Gasteiger partial charge in [0.1, 0.15) is 27.4 Å². The van der Waals surface area contributed by atoms with Crippen LogP contribution in [0.2, 0.25) is 0 Å². The molecule has 51 heavy (non-hydrogen) atoms. The number of aromatic hydroxyl groups is 1. The number of phenolic OH excluding ortho intramolecular Hbond substituents is 1. The summed E-state index contributed by atoms with van der Waals surface area (Å²) in [5.41, 5.74) is 1.49. The van der Waals surface area contributed by atoms with Crippen molar-refractivity contribution >= 4 is 58.0 Å². The molecule has 0 heterocycles. The molecule has 10 nitrogen and oxygen atoms in total. The SMILES string of the molecule is CCCCCCCc1cccc(Oc2cccc(S(=O)(=O)O)c2)c1O.CCCCCCCc1cccc(Oc2cccc(S(=O)(=O)[O-])c2)c1[O-].[Ca+2]. The van der Waals surface area contributed by atoms with Gasteiger partial charge in [-0.25, -0.2) is 8.42 Å². The maximum atomic E-state index is 12.5. The third-order valence-electron chi connectivity index (χ3n) is 7.90. The Hall–Kier alpha value is -2.84. The van der Waals surface area contributed by atoms with Crippen LogP contribution in [0.5, 0.6) is 34.5 Å². The number of unbranched alkanes of at least 4 members (excludes halogenated alkanes) is 8. The van der Waals surface area contributed by atoms with Crippen LogP contribution in [0.15, 0.2) is 94.7 Å². The van der Waals surface area contributed by atoms with E-state index in [2.05, 4.69) is 13.8 Å². The van der Waals surface area contributed by atoms with Crippen LogP contribution in [-0.4, -0.2) is 68.8 Å². The number of aryl methyl sites for hydroxylation is 2. The van der Waals surface area contributed by atoms with Gasteiger partial charge < -0.3 is 24.2 Å². The quantitative estimate of drug-likeness (QED) is 0.0568. The van der Waals surface area contributed by atoms with Crippen LogP contribution in [-0.2, 0) is 33.1 Å². The average Bonchev–Trinajstić information content (AvgIpc) is 3.07. The average molecular weight is 767 g/mol. The molecule has 0 atom stereocenters. The smallest absolute Gasteiger partial charge is 0.870 e. The van der Waals surface area contributed by atoms with Crippen LogP contribution in [0.3, 0.4) is 0 Å². The number of phenols is 1. The number of ether oxygens (including phenoxy) is 2. The van der Waals surface area contributed by atoms with Gasteiger partial charge in [0.2, 0.25) is 0 Å². The Morgan fingerprint density at radius 3 is 1.61 bits per heavy atom. The maximum absolute atomic E-state index is 12.5. The fraction of sp³-hybridized carbons (Fsp3) is 0.368. The first-order valence-corrected chi connectivity index (χ1v) is 19.8. The van der Waals surface area contributed by atoms with Crippen molar-refractivity contribution in [1.82, 2.24) is 0 Å². The van der Waals surface area contributed by atoms with E-state index in [1.807, 2.05) is 6.07 Å². The molecule has 0 saturated heterocycles. The van der Waals surface area contributed by atoms with Crippen LogP contribution in [0.25, 0.3) is 0 Å². The number of hydrogen-bond acceptors (Lipinski definition) is 9. The van der Waals surface area contributed by atoms with E-state index >= 15 is 0 Å². The molecule has 0 aliphatic carbocycles. The van der Waals surface area contributed by atoms with Gasteiger partial charge in [-0.05, 0) is 73.7 Å². The van der Waals surface area contributed by atoms with E-state index in [0.29, 0.717) is 12.0 Å². The predicted octanol–water partition coefficient (Wildman–Crippen LogP) is 8.53. The predicted molar refractivity (Wildman–Crippen MR) is 195 cm³/mol. The van der Waals surface area contributed by atoms with Gasteiger partial charge in [-0.15, -0.1) is 0 Å². The second-order valence-electron chi connectivity index (χ2n) is 11.9. The Morgan fingerprint density at radius 2 is 1.06 bits per heavy atom. The zero-order valence-corrected chi connectivity index (χ0v) is 33.1. The summed E-state index contributed by atoms with van der Waals surface area (Å²) >= 11 is 0. The molecular formula is C38H46CaO10S2. The molecule has 0 aliphatic heterocycles. The first-order chi connectivity index (χ1) is 23.8. The van der Waals surface area contributed by atoms with E-state index in [9.17, 15) is 31.6 Å². The van der Waals surface area contributed by atoms with Crippen molar-refractivity contribution in [2.45, 2.75) is 101 Å². The Labute approximate surface area is 332 Å². The van der Waals surface area contributed by atoms with Crippen molar-refractivity contribution in [3.05, 3.63) is 96.1 Å². The van der Waals surface area contributed by atoms with Crippen LogP contribution >= 0.6 is 0 Å². The van der Waals surface area contributed by atoms with E-state index in [-0.39, 0.29) is 82.0 Å². The number of hydrogen-bond donors (Lipinski definition) is 2. The fourth-order valence-corrected chi connectivity index (χ4v) is 6.20. The van der Waals surface area contributed by atoms with Crippen molar-refractivity contribution in [2.75, 3.05) is 0 Å². The fourth-order valence-electron chi connectivity index (χ4n) is 5.17. The molecule has 0 aromatic heterocycles. The molecule has 0 fully saturated rings. The van der Waals surface area contributed by atoms with E-state index in [4.69, 9.17) is 14.0 Å². The first-order valence-electron chi connectivity index (χ1n) is 16.9. The minimum Gasteiger partial charge on any atom is -0.870 e. The molecule has 4 rings (SSSR count). The molecule has 4 aromatic carbocycles. The second kappa shape index (κ2) is 22.3. The summed E-state index contributed by atoms with van der Waals surface area (Å²) in [4.78, 5) is -0.638. The summed E-state index contributed by atoms with van der Waals surface area (Å²) in [6.45, 7) is 4.33. The van der Waals surface area contributed by atoms with Crippen molar-refractivity contribution in [2.24, 2.45) is 0 Å². The monoisotopic (exact) mass is 766 g/mol. The van der Waals surface area contributed by atoms with Gasteiger partial charge in [-0.2, -0.15) is 8.42 Å². The normalized spacial score (nSPS) is 11.2. The molecular weight excluding hydrogens is 721 g/mol. The van der Waals surface area contributed by atoms with Crippen molar-refractivity contribution < 1.29 is 45.6 Å². The molecule has 13 heteroatoms. The Kier molecular flexibility index (Phi) is 19.4. The Morgan fingerprint density at radius 1 is 0.608 bits per heavy atom. The molecule has 0 bridgehead atoms. The molecule has 4 aromatic rings. The van der Waals surface area contributed by atoms with Crippen LogP contribution < -0.4 is 14.6 Å². The summed E-state index contributed by atoms with van der Waals surface area (Å²) in [6, 6.07) is 21.1. The topological polar surface area (TPSA) is 173 Å². The molecule has 0 amide bonds. The molecule has 272 valence electrons. The third kappa shape index (κ3) is 15.3. The van der Waals surface area contributed by atoms with Gasteiger partial charge in [0.15, 0.2) is 11.5 Å². The van der Waals surface area contributed by atoms with Crippen molar-refractivity contribution in [3.63, 3.8) is 0 Å². The Balaban J connectivity index is 0.000000347. The van der Waals surface area contributed by atoms with Crippen LogP contribution in [0.4, 0.5) is 0 Å². The van der Waals surface area contributed by atoms with Gasteiger partial charge in [0, 0.05) is 6.07 Å². The zero-order chi connectivity index (χ0) is 36.6. The van der Waals surface area contributed by atoms with Crippen LogP contribution in [0.1, 0.15) is 89.2 Å². The molecule has 0 unspecified atom stereocenters. The van der Waals surface area contributed by atoms with Gasteiger partial charge in [0.05, 0.1) is 9.79 Å². The Bertz CT molecular complexity index is 1740. The van der Waals surface area contributed by atoms with Gasteiger partial charge >= 0.3 is 37.7 Å². The number of para-hydroxylation sites is 2. The number of benzene rings is 4. The largest absolute Gasteiger partial charge is 2.00 e. The van der Waals surface area contributed by atoms with E-state index in [1.54, 1.807) is 36.4 Å². The molecule has 0 radical (unpaired) electrons. The minimum absolute atomic E-state index is 0. The van der Waals surface area contributed by atoms with Crippen LogP contribution in [0, 0.1) is 0 Å². The maximum Gasteiger partial charge on any atom is 2.00 e. The molecule has 0 spiro atoms. The second-order valence-corrected chi connectivity index (χ2v) is 14.7. The summed E-state index contributed by atoms with van der Waals surface area (Å²) in [6.07, 6.45) is 12.7. The van der Waals surface area contributed by atoms with Gasteiger partial charge in [-0.1, -0.05) is 113 Å². The zero-order valence-electron chi connectivity index (χ0n) is 29.3. The van der Waals surface area contributed by atoms with Gasteiger partial charge in [-0.3, -0.25) is 4.55 Å². The molecule has 0 aliphatic rings. The van der Waals surface area contributed by atoms with Crippen molar-refractivity contribution in [3.8, 4) is 34.5 Å². The third-order valence-corrected chi connectivity index (χ3v) is 9.58. The van der Waals surface area contributed by atoms with E-state index in [1.165, 1.54) is 68.5 Å². The summed E-state index contributed by atoms with van der Waals surface area (Å²) in [5, 5.41) is 22.9. The van der Waals surface area contributed by atoms with Gasteiger partial charge in [0.25, 0.3) is 10.1 Å². The standard InChI is InChI=1S/2C19H24O5S.Ca/c2*1-2-3-4-5-6-9-15-10-7-13-18(19(15)20)24-16-11-8-12-17(14-16)25(21,22)23;/h2*7-8,10-14,20H,2-6,9H2,1H3,(H,21,22,23);/q;;+2/p-2. The van der Waals surface area contributed by atoms with Crippen molar-refractivity contribution in [1.29, 1.82) is 0 Å². The summed E-state index contributed by atoms with van der Waals surface area (Å²) < 4.78 is 75.9. The number of rotatable bonds is 18. The van der Waals surface area contributed by atoms with E-state index in [0.717, 1.165) is 50.2 Å². The molecule has 2 N–H and O–H groups in total. The summed E-state index contributed by atoms with van der Waals surface area (Å²) in [5.74, 6) is 0.633. The first kappa shape index (κ1) is 44.3. The molecule has 0 saturated carbocycles. The van der Waals surface area contributed by atoms with E-state index < -0.39 is 20.2 Å². The minimum atomic E-state index is -4.56. The summed E-state index contributed by atoms with van der Waals surface area (Å²) in [7, 11) is -8.86.